The van der Waals surface area contributed by atoms with Crippen LogP contribution in [0.15, 0.2) is 48.5 Å². The van der Waals surface area contributed by atoms with Crippen molar-refractivity contribution >= 4 is 11.8 Å². The molecular weight excluding hydrogens is 324 g/mol. The first-order chi connectivity index (χ1) is 12.6. The van der Waals surface area contributed by atoms with Gasteiger partial charge in [-0.1, -0.05) is 43.3 Å². The van der Waals surface area contributed by atoms with Crippen molar-refractivity contribution in [3.05, 3.63) is 70.8 Å². The lowest BCUT2D eigenvalue weighted by Gasteiger charge is -2.35. The highest BCUT2D eigenvalue weighted by Gasteiger charge is 2.25. The van der Waals surface area contributed by atoms with Crippen molar-refractivity contribution in [1.82, 2.24) is 9.80 Å². The molecule has 0 N–H and O–H groups in total. The van der Waals surface area contributed by atoms with E-state index in [1.54, 1.807) is 0 Å². The molecule has 1 aliphatic heterocycles. The number of nitrogens with zero attached hydrogens (tertiary/aromatic N) is 2. The van der Waals surface area contributed by atoms with E-state index >= 15 is 0 Å². The third-order valence-electron chi connectivity index (χ3n) is 5.13. The highest BCUT2D eigenvalue weighted by atomic mass is 16.2. The maximum atomic E-state index is 12.6. The fourth-order valence-corrected chi connectivity index (χ4v) is 3.31. The Kier molecular flexibility index (Phi) is 5.71. The van der Waals surface area contributed by atoms with Crippen molar-refractivity contribution in [2.24, 2.45) is 0 Å². The molecule has 0 unspecified atom stereocenters. The minimum absolute atomic E-state index is 0.0543. The van der Waals surface area contributed by atoms with Crippen LogP contribution in [-0.2, 0) is 17.6 Å². The maximum Gasteiger partial charge on any atom is 0.253 e. The molecule has 4 heteroatoms. The Bertz CT molecular complexity index is 775. The predicted molar refractivity (Wildman–Crippen MR) is 103 cm³/mol. The van der Waals surface area contributed by atoms with E-state index in [1.807, 2.05) is 65.3 Å². The van der Waals surface area contributed by atoms with Crippen LogP contribution in [0.5, 0.6) is 0 Å². The molecule has 4 nitrogen and oxygen atoms in total. The van der Waals surface area contributed by atoms with Gasteiger partial charge in [0.2, 0.25) is 5.91 Å². The van der Waals surface area contributed by atoms with Crippen LogP contribution in [0.3, 0.4) is 0 Å². The summed E-state index contributed by atoms with van der Waals surface area (Å²) in [5.74, 6) is 0.192. The number of hydrogen-bond acceptors (Lipinski definition) is 2. The van der Waals surface area contributed by atoms with E-state index in [-0.39, 0.29) is 11.8 Å². The number of carbonyl (C=O) groups excluding carboxylic acids is 2. The molecule has 0 spiro atoms. The third-order valence-corrected chi connectivity index (χ3v) is 5.13. The van der Waals surface area contributed by atoms with Gasteiger partial charge in [-0.2, -0.15) is 0 Å². The van der Waals surface area contributed by atoms with Crippen LogP contribution in [0.2, 0.25) is 0 Å². The summed E-state index contributed by atoms with van der Waals surface area (Å²) in [6.45, 7) is 6.52. The smallest absolute Gasteiger partial charge is 0.253 e. The third kappa shape index (κ3) is 4.13. The molecule has 0 aliphatic carbocycles. The molecule has 0 bridgehead atoms. The molecule has 0 atom stereocenters. The molecule has 0 radical (unpaired) electrons. The minimum Gasteiger partial charge on any atom is -0.339 e. The molecule has 2 aromatic carbocycles. The number of piperazine rings is 1. The summed E-state index contributed by atoms with van der Waals surface area (Å²) in [6.07, 6.45) is 1.40. The molecule has 1 aliphatic rings. The number of aryl methyl sites for hydroxylation is 2. The van der Waals surface area contributed by atoms with E-state index in [1.165, 1.54) is 5.56 Å². The van der Waals surface area contributed by atoms with Crippen LogP contribution in [0.25, 0.3) is 0 Å². The SMILES string of the molecule is CCc1ccc(C(=O)N2CCN(C(=O)Cc3ccccc3C)CC2)cc1. The Hall–Kier alpha value is -2.62. The number of carbonyl (C=O) groups is 2. The largest absolute Gasteiger partial charge is 0.339 e. The average Bonchev–Trinajstić information content (AvgIpc) is 2.69. The first-order valence-corrected chi connectivity index (χ1v) is 9.29. The minimum atomic E-state index is 0.0543. The van der Waals surface area contributed by atoms with Crippen LogP contribution < -0.4 is 0 Å². The highest BCUT2D eigenvalue weighted by Crippen LogP contribution is 2.13. The molecule has 1 fully saturated rings. The lowest BCUT2D eigenvalue weighted by Crippen LogP contribution is -2.51. The number of hydrogen-bond donors (Lipinski definition) is 0. The zero-order valence-electron chi connectivity index (χ0n) is 15.6. The number of rotatable bonds is 4. The van der Waals surface area contributed by atoms with E-state index in [2.05, 4.69) is 6.92 Å². The average molecular weight is 350 g/mol. The Morgan fingerprint density at radius 2 is 1.50 bits per heavy atom. The second kappa shape index (κ2) is 8.17. The van der Waals surface area contributed by atoms with Crippen LogP contribution in [0.4, 0.5) is 0 Å². The van der Waals surface area contributed by atoms with Crippen molar-refractivity contribution in [3.63, 3.8) is 0 Å². The van der Waals surface area contributed by atoms with Gasteiger partial charge in [0.15, 0.2) is 0 Å². The molecule has 1 heterocycles. The quantitative estimate of drug-likeness (QED) is 0.850. The zero-order valence-corrected chi connectivity index (χ0v) is 15.6. The second-order valence-corrected chi connectivity index (χ2v) is 6.83. The predicted octanol–water partition coefficient (Wildman–Crippen LogP) is 3.08. The maximum absolute atomic E-state index is 12.6. The molecule has 2 aromatic rings. The van der Waals surface area contributed by atoms with Crippen molar-refractivity contribution in [3.8, 4) is 0 Å². The summed E-state index contributed by atoms with van der Waals surface area (Å²) in [6, 6.07) is 15.8. The summed E-state index contributed by atoms with van der Waals surface area (Å²) >= 11 is 0. The van der Waals surface area contributed by atoms with E-state index in [9.17, 15) is 9.59 Å². The van der Waals surface area contributed by atoms with Gasteiger partial charge in [0.25, 0.3) is 5.91 Å². The van der Waals surface area contributed by atoms with Gasteiger partial charge in [-0.15, -0.1) is 0 Å². The van der Waals surface area contributed by atoms with Crippen LogP contribution in [0, 0.1) is 6.92 Å². The highest BCUT2D eigenvalue weighted by molar-refractivity contribution is 5.94. The van der Waals surface area contributed by atoms with Gasteiger partial charge < -0.3 is 9.80 Å². The zero-order chi connectivity index (χ0) is 18.5. The molecule has 2 amide bonds. The van der Waals surface area contributed by atoms with Gasteiger partial charge in [0.05, 0.1) is 6.42 Å². The van der Waals surface area contributed by atoms with Crippen molar-refractivity contribution in [1.29, 1.82) is 0 Å². The van der Waals surface area contributed by atoms with Gasteiger partial charge in [0.1, 0.15) is 0 Å². The van der Waals surface area contributed by atoms with Gasteiger partial charge in [-0.05, 0) is 42.2 Å². The summed E-state index contributed by atoms with van der Waals surface area (Å²) in [5.41, 5.74) is 4.17. The van der Waals surface area contributed by atoms with Crippen LogP contribution in [0.1, 0.15) is 34.0 Å². The monoisotopic (exact) mass is 350 g/mol. The van der Waals surface area contributed by atoms with E-state index in [0.29, 0.717) is 32.6 Å². The summed E-state index contributed by atoms with van der Waals surface area (Å²) in [4.78, 5) is 28.9. The topological polar surface area (TPSA) is 40.6 Å². The second-order valence-electron chi connectivity index (χ2n) is 6.83. The Balaban J connectivity index is 1.55. The van der Waals surface area contributed by atoms with Crippen molar-refractivity contribution < 1.29 is 9.59 Å². The molecule has 0 aromatic heterocycles. The van der Waals surface area contributed by atoms with Crippen LogP contribution in [-0.4, -0.2) is 47.8 Å². The summed E-state index contributed by atoms with van der Waals surface area (Å²) < 4.78 is 0. The lowest BCUT2D eigenvalue weighted by molar-refractivity contribution is -0.131. The number of amides is 2. The van der Waals surface area contributed by atoms with Crippen molar-refractivity contribution in [2.45, 2.75) is 26.7 Å². The van der Waals surface area contributed by atoms with Gasteiger partial charge in [-0.25, -0.2) is 0 Å². The Morgan fingerprint density at radius 3 is 2.12 bits per heavy atom. The van der Waals surface area contributed by atoms with Gasteiger partial charge in [-0.3, -0.25) is 9.59 Å². The fraction of sp³-hybridized carbons (Fsp3) is 0.364. The molecule has 3 rings (SSSR count). The normalized spacial score (nSPS) is 14.4. The fourth-order valence-electron chi connectivity index (χ4n) is 3.31. The lowest BCUT2D eigenvalue weighted by atomic mass is 10.0. The first-order valence-electron chi connectivity index (χ1n) is 9.29. The summed E-state index contributed by atoms with van der Waals surface area (Å²) in [7, 11) is 0. The molecule has 26 heavy (non-hydrogen) atoms. The molecule has 1 saturated heterocycles. The Morgan fingerprint density at radius 1 is 0.885 bits per heavy atom. The first kappa shape index (κ1) is 18.2. The van der Waals surface area contributed by atoms with Gasteiger partial charge in [0, 0.05) is 31.7 Å². The Labute approximate surface area is 155 Å². The van der Waals surface area contributed by atoms with E-state index < -0.39 is 0 Å². The molecular formula is C22H26N2O2. The van der Waals surface area contributed by atoms with Crippen LogP contribution >= 0.6 is 0 Å². The standard InChI is InChI=1S/C22H26N2O2/c1-3-18-8-10-19(11-9-18)22(26)24-14-12-23(13-15-24)21(25)16-20-7-5-4-6-17(20)2/h4-11H,3,12-16H2,1-2H3. The molecule has 0 saturated carbocycles. The molecule has 136 valence electrons. The van der Waals surface area contributed by atoms with E-state index in [4.69, 9.17) is 0 Å². The number of benzene rings is 2. The van der Waals surface area contributed by atoms with Gasteiger partial charge >= 0.3 is 0 Å². The van der Waals surface area contributed by atoms with E-state index in [0.717, 1.165) is 23.1 Å². The van der Waals surface area contributed by atoms with Crippen molar-refractivity contribution in [2.75, 3.05) is 26.2 Å². The summed E-state index contributed by atoms with van der Waals surface area (Å²) in [5, 5.41) is 0.